The van der Waals surface area contributed by atoms with E-state index in [9.17, 15) is 9.59 Å². The van der Waals surface area contributed by atoms with E-state index >= 15 is 0 Å². The van der Waals surface area contributed by atoms with E-state index in [1.807, 2.05) is 0 Å². The van der Waals surface area contributed by atoms with Crippen LogP contribution >= 0.6 is 23.2 Å². The van der Waals surface area contributed by atoms with E-state index in [-0.39, 0.29) is 18.6 Å². The molecule has 0 saturated carbocycles. The molecule has 1 amide bonds. The molecule has 0 bridgehead atoms. The minimum absolute atomic E-state index is 0.191. The number of hydrogen-bond acceptors (Lipinski definition) is 4. The van der Waals surface area contributed by atoms with Gasteiger partial charge in [0, 0.05) is 10.7 Å². The molecule has 5 nitrogen and oxygen atoms in total. The van der Waals surface area contributed by atoms with Crippen molar-refractivity contribution in [2.45, 2.75) is 20.0 Å². The predicted octanol–water partition coefficient (Wildman–Crippen LogP) is 4.58. The third kappa shape index (κ3) is 5.96. The smallest absolute Gasteiger partial charge is 0.338 e. The third-order valence-electron chi connectivity index (χ3n) is 3.00. The van der Waals surface area contributed by atoms with Crippen LogP contribution in [0.4, 0.5) is 5.69 Å². The molecule has 2 rings (SSSR count). The number of benzene rings is 2. The molecule has 0 saturated heterocycles. The molecule has 2 aromatic rings. The fourth-order valence-electron chi connectivity index (χ4n) is 1.90. The highest BCUT2D eigenvalue weighted by Crippen LogP contribution is 2.27. The number of halogens is 2. The summed E-state index contributed by atoms with van der Waals surface area (Å²) in [5.41, 5.74) is 0.952. The number of ether oxygens (including phenoxy) is 2. The number of carbonyl (C=O) groups excluding carboxylic acids is 2. The SMILES string of the molecule is CC(C)OC(=O)c1ccc(NC(=O)COc2ccc(Cl)cc2Cl)cc1. The molecule has 0 unspecified atom stereocenters. The summed E-state index contributed by atoms with van der Waals surface area (Å²) < 4.78 is 10.5. The van der Waals surface area contributed by atoms with Crippen molar-refractivity contribution in [1.29, 1.82) is 0 Å². The van der Waals surface area contributed by atoms with E-state index in [0.29, 0.717) is 27.0 Å². The largest absolute Gasteiger partial charge is 0.482 e. The summed E-state index contributed by atoms with van der Waals surface area (Å²) in [5, 5.41) is 3.48. The molecule has 1 N–H and O–H groups in total. The first-order valence-corrected chi connectivity index (χ1v) is 8.29. The average Bonchev–Trinajstić information content (AvgIpc) is 2.54. The van der Waals surface area contributed by atoms with Gasteiger partial charge in [-0.3, -0.25) is 4.79 Å². The number of hydrogen-bond donors (Lipinski definition) is 1. The van der Waals surface area contributed by atoms with Gasteiger partial charge in [0.25, 0.3) is 5.91 Å². The topological polar surface area (TPSA) is 64.6 Å². The zero-order valence-corrected chi connectivity index (χ0v) is 15.2. The van der Waals surface area contributed by atoms with Gasteiger partial charge in [-0.2, -0.15) is 0 Å². The second-order valence-electron chi connectivity index (χ2n) is 5.44. The zero-order valence-electron chi connectivity index (χ0n) is 13.7. The van der Waals surface area contributed by atoms with Gasteiger partial charge in [0.15, 0.2) is 6.61 Å². The number of carbonyl (C=O) groups is 2. The van der Waals surface area contributed by atoms with E-state index in [0.717, 1.165) is 0 Å². The lowest BCUT2D eigenvalue weighted by molar-refractivity contribution is -0.118. The monoisotopic (exact) mass is 381 g/mol. The summed E-state index contributed by atoms with van der Waals surface area (Å²) in [4.78, 5) is 23.7. The molecule has 0 aliphatic rings. The maximum absolute atomic E-state index is 11.9. The Labute approximate surface area is 155 Å². The van der Waals surface area contributed by atoms with Gasteiger partial charge in [-0.25, -0.2) is 4.79 Å². The van der Waals surface area contributed by atoms with E-state index in [2.05, 4.69) is 5.32 Å². The average molecular weight is 382 g/mol. The summed E-state index contributed by atoms with van der Waals surface area (Å²) in [6, 6.07) is 11.1. The molecule has 132 valence electrons. The van der Waals surface area contributed by atoms with E-state index in [4.69, 9.17) is 32.7 Å². The van der Waals surface area contributed by atoms with Crippen molar-refractivity contribution in [3.63, 3.8) is 0 Å². The Kier molecular flexibility index (Phi) is 6.67. The van der Waals surface area contributed by atoms with Crippen molar-refractivity contribution >= 4 is 40.8 Å². The Hall–Kier alpha value is -2.24. The normalized spacial score (nSPS) is 10.4. The molecule has 2 aromatic carbocycles. The van der Waals surface area contributed by atoms with Gasteiger partial charge >= 0.3 is 5.97 Å². The Balaban J connectivity index is 1.89. The fourth-order valence-corrected chi connectivity index (χ4v) is 2.37. The summed E-state index contributed by atoms with van der Waals surface area (Å²) in [6.45, 7) is 3.34. The van der Waals surface area contributed by atoms with Crippen LogP contribution in [0.15, 0.2) is 42.5 Å². The summed E-state index contributed by atoms with van der Waals surface area (Å²) >= 11 is 11.8. The molecule has 0 fully saturated rings. The van der Waals surface area contributed by atoms with E-state index in [1.165, 1.54) is 6.07 Å². The number of amides is 1. The summed E-state index contributed by atoms with van der Waals surface area (Å²) in [6.07, 6.45) is -0.191. The van der Waals surface area contributed by atoms with Gasteiger partial charge < -0.3 is 14.8 Å². The molecule has 25 heavy (non-hydrogen) atoms. The van der Waals surface area contributed by atoms with Crippen molar-refractivity contribution in [2.75, 3.05) is 11.9 Å². The van der Waals surface area contributed by atoms with E-state index < -0.39 is 5.97 Å². The number of rotatable bonds is 6. The van der Waals surface area contributed by atoms with Gasteiger partial charge in [0.2, 0.25) is 0 Å². The highest BCUT2D eigenvalue weighted by atomic mass is 35.5. The lowest BCUT2D eigenvalue weighted by atomic mass is 10.2. The van der Waals surface area contributed by atoms with Crippen LogP contribution in [0.25, 0.3) is 0 Å². The first-order valence-electron chi connectivity index (χ1n) is 7.54. The molecule has 0 atom stereocenters. The highest BCUT2D eigenvalue weighted by Gasteiger charge is 2.10. The van der Waals surface area contributed by atoms with Crippen LogP contribution in [0.3, 0.4) is 0 Å². The number of nitrogens with one attached hydrogen (secondary N) is 1. The van der Waals surface area contributed by atoms with Crippen molar-refractivity contribution < 1.29 is 19.1 Å². The molecule has 0 aliphatic heterocycles. The van der Waals surface area contributed by atoms with Crippen LogP contribution in [-0.4, -0.2) is 24.6 Å². The standard InChI is InChI=1S/C18H17Cl2NO4/c1-11(2)25-18(23)12-3-6-14(7-4-12)21-17(22)10-24-16-8-5-13(19)9-15(16)20/h3-9,11H,10H2,1-2H3,(H,21,22). The van der Waals surface area contributed by atoms with Gasteiger partial charge in [0.1, 0.15) is 5.75 Å². The molecular formula is C18H17Cl2NO4. The van der Waals surface area contributed by atoms with Crippen LogP contribution in [0.2, 0.25) is 10.0 Å². The van der Waals surface area contributed by atoms with Crippen molar-refractivity contribution in [2.24, 2.45) is 0 Å². The maximum atomic E-state index is 11.9. The van der Waals surface area contributed by atoms with Crippen LogP contribution in [0.5, 0.6) is 5.75 Å². The van der Waals surface area contributed by atoms with Gasteiger partial charge in [-0.05, 0) is 56.3 Å². The summed E-state index contributed by atoms with van der Waals surface area (Å²) in [5.74, 6) is -0.398. The van der Waals surface area contributed by atoms with Crippen molar-refractivity contribution in [3.8, 4) is 5.75 Å². The lowest BCUT2D eigenvalue weighted by Crippen LogP contribution is -2.20. The van der Waals surface area contributed by atoms with E-state index in [1.54, 1.807) is 50.2 Å². The highest BCUT2D eigenvalue weighted by molar-refractivity contribution is 6.35. The zero-order chi connectivity index (χ0) is 18.4. The molecule has 0 heterocycles. The molecular weight excluding hydrogens is 365 g/mol. The first kappa shape index (κ1) is 19.1. The van der Waals surface area contributed by atoms with Crippen LogP contribution < -0.4 is 10.1 Å². The predicted molar refractivity (Wildman–Crippen MR) is 97.6 cm³/mol. The minimum Gasteiger partial charge on any atom is -0.482 e. The molecule has 0 spiro atoms. The Morgan fingerprint density at radius 2 is 1.76 bits per heavy atom. The molecule has 7 heteroatoms. The van der Waals surface area contributed by atoms with Gasteiger partial charge in [0.05, 0.1) is 16.7 Å². The molecule has 0 aromatic heterocycles. The summed E-state index contributed by atoms with van der Waals surface area (Å²) in [7, 11) is 0. The quantitative estimate of drug-likeness (QED) is 0.743. The maximum Gasteiger partial charge on any atom is 0.338 e. The molecule has 0 radical (unpaired) electrons. The third-order valence-corrected chi connectivity index (χ3v) is 3.53. The van der Waals surface area contributed by atoms with Gasteiger partial charge in [-0.15, -0.1) is 0 Å². The van der Waals surface area contributed by atoms with Crippen molar-refractivity contribution in [3.05, 3.63) is 58.1 Å². The van der Waals surface area contributed by atoms with Crippen LogP contribution in [0, 0.1) is 0 Å². The second kappa shape index (κ2) is 8.74. The first-order chi connectivity index (χ1) is 11.8. The lowest BCUT2D eigenvalue weighted by Gasteiger charge is -2.10. The van der Waals surface area contributed by atoms with Crippen LogP contribution in [0.1, 0.15) is 24.2 Å². The fraction of sp³-hybridized carbons (Fsp3) is 0.222. The minimum atomic E-state index is -0.409. The number of esters is 1. The second-order valence-corrected chi connectivity index (χ2v) is 6.29. The Bertz CT molecular complexity index is 760. The Morgan fingerprint density at radius 1 is 1.08 bits per heavy atom. The number of anilines is 1. The Morgan fingerprint density at radius 3 is 2.36 bits per heavy atom. The van der Waals surface area contributed by atoms with Crippen LogP contribution in [-0.2, 0) is 9.53 Å². The molecule has 0 aliphatic carbocycles. The van der Waals surface area contributed by atoms with Gasteiger partial charge in [-0.1, -0.05) is 23.2 Å². The van der Waals surface area contributed by atoms with Crippen molar-refractivity contribution in [1.82, 2.24) is 0 Å².